The number of nitrogens with zero attached hydrogens (tertiary/aromatic N) is 1. The van der Waals surface area contributed by atoms with E-state index < -0.39 is 0 Å². The van der Waals surface area contributed by atoms with Gasteiger partial charge in [0, 0.05) is 19.2 Å². The zero-order valence-corrected chi connectivity index (χ0v) is 15.4. The van der Waals surface area contributed by atoms with Crippen molar-refractivity contribution >= 4 is 23.6 Å². The van der Waals surface area contributed by atoms with E-state index in [4.69, 9.17) is 21.1 Å². The largest absolute Gasteiger partial charge is 0.493 e. The first-order valence-electron chi connectivity index (χ1n) is 8.52. The third-order valence-electron chi connectivity index (χ3n) is 4.22. The average Bonchev–Trinajstić information content (AvgIpc) is 2.58. The first-order chi connectivity index (χ1) is 11.5. The molecule has 1 amide bonds. The van der Waals surface area contributed by atoms with Gasteiger partial charge in [-0.25, -0.2) is 0 Å². The summed E-state index contributed by atoms with van der Waals surface area (Å²) < 4.78 is 11.0. The summed E-state index contributed by atoms with van der Waals surface area (Å²) >= 11 is 6.29. The van der Waals surface area contributed by atoms with Crippen molar-refractivity contribution < 1.29 is 14.3 Å². The Bertz CT molecular complexity index is 593. The minimum atomic E-state index is 0.0447. The van der Waals surface area contributed by atoms with E-state index >= 15 is 0 Å². The molecule has 0 aromatic heterocycles. The van der Waals surface area contributed by atoms with Crippen LogP contribution in [0.1, 0.15) is 38.7 Å². The summed E-state index contributed by atoms with van der Waals surface area (Å²) in [6, 6.07) is 3.62. The molecule has 1 aromatic carbocycles. The van der Waals surface area contributed by atoms with Crippen LogP contribution in [0.2, 0.25) is 5.02 Å². The minimum Gasteiger partial charge on any atom is -0.493 e. The SMILES string of the molecule is CCCOc1c(Cl)cc(/C=C/C(=O)N2CCC(C)CC2)cc1OC. The lowest BCUT2D eigenvalue weighted by molar-refractivity contribution is -0.127. The Kier molecular flexibility index (Phi) is 6.98. The van der Waals surface area contributed by atoms with Crippen LogP contribution < -0.4 is 9.47 Å². The van der Waals surface area contributed by atoms with Gasteiger partial charge in [-0.3, -0.25) is 4.79 Å². The number of carbonyl (C=O) groups excluding carboxylic acids is 1. The van der Waals surface area contributed by atoms with Crippen LogP contribution in [0.25, 0.3) is 6.08 Å². The van der Waals surface area contributed by atoms with Crippen LogP contribution in [0, 0.1) is 5.92 Å². The number of benzene rings is 1. The standard InChI is InChI=1S/C19H26ClNO3/c1-4-11-24-19-16(20)12-15(13-17(19)23-3)5-6-18(22)21-9-7-14(2)8-10-21/h5-6,12-14H,4,7-11H2,1-3H3/b6-5+. The van der Waals surface area contributed by atoms with Crippen molar-refractivity contribution in [3.8, 4) is 11.5 Å². The van der Waals surface area contributed by atoms with Gasteiger partial charge in [0.15, 0.2) is 11.5 Å². The van der Waals surface area contributed by atoms with E-state index in [1.165, 1.54) is 0 Å². The van der Waals surface area contributed by atoms with Gasteiger partial charge in [0.25, 0.3) is 0 Å². The smallest absolute Gasteiger partial charge is 0.246 e. The highest BCUT2D eigenvalue weighted by Gasteiger charge is 2.18. The van der Waals surface area contributed by atoms with E-state index in [9.17, 15) is 4.79 Å². The molecule has 0 unspecified atom stereocenters. The van der Waals surface area contributed by atoms with Gasteiger partial charge < -0.3 is 14.4 Å². The Labute approximate surface area is 149 Å². The molecular weight excluding hydrogens is 326 g/mol. The minimum absolute atomic E-state index is 0.0447. The lowest BCUT2D eigenvalue weighted by Gasteiger charge is -2.29. The monoisotopic (exact) mass is 351 g/mol. The number of hydrogen-bond acceptors (Lipinski definition) is 3. The van der Waals surface area contributed by atoms with Gasteiger partial charge in [0.05, 0.1) is 18.7 Å². The van der Waals surface area contributed by atoms with Gasteiger partial charge in [0.2, 0.25) is 5.91 Å². The molecule has 24 heavy (non-hydrogen) atoms. The van der Waals surface area contributed by atoms with Gasteiger partial charge in [-0.1, -0.05) is 25.4 Å². The van der Waals surface area contributed by atoms with Crippen LogP contribution >= 0.6 is 11.6 Å². The molecule has 0 radical (unpaired) electrons. The molecule has 0 bridgehead atoms. The quantitative estimate of drug-likeness (QED) is 0.712. The molecule has 5 heteroatoms. The summed E-state index contributed by atoms with van der Waals surface area (Å²) in [7, 11) is 1.58. The van der Waals surface area contributed by atoms with E-state index in [0.717, 1.165) is 37.9 Å². The second-order valence-electron chi connectivity index (χ2n) is 6.22. The zero-order valence-electron chi connectivity index (χ0n) is 14.7. The molecule has 1 aliphatic rings. The van der Waals surface area contributed by atoms with Crippen molar-refractivity contribution in [3.05, 3.63) is 28.8 Å². The predicted octanol–water partition coefficient (Wildman–Crippen LogP) is 4.41. The van der Waals surface area contributed by atoms with Crippen molar-refractivity contribution in [2.24, 2.45) is 5.92 Å². The second-order valence-corrected chi connectivity index (χ2v) is 6.63. The van der Waals surface area contributed by atoms with Crippen molar-refractivity contribution in [3.63, 3.8) is 0 Å². The van der Waals surface area contributed by atoms with Crippen molar-refractivity contribution in [1.82, 2.24) is 4.90 Å². The lowest BCUT2D eigenvalue weighted by Crippen LogP contribution is -2.36. The average molecular weight is 352 g/mol. The Morgan fingerprint density at radius 3 is 2.71 bits per heavy atom. The maximum Gasteiger partial charge on any atom is 0.246 e. The van der Waals surface area contributed by atoms with E-state index in [1.807, 2.05) is 17.9 Å². The first kappa shape index (κ1) is 18.7. The Morgan fingerprint density at radius 1 is 1.38 bits per heavy atom. The number of rotatable bonds is 6. The number of likely N-dealkylation sites (tertiary alicyclic amines) is 1. The fraction of sp³-hybridized carbons (Fsp3) is 0.526. The van der Waals surface area contributed by atoms with Crippen LogP contribution in [0.5, 0.6) is 11.5 Å². The number of hydrogen-bond donors (Lipinski definition) is 0. The fourth-order valence-electron chi connectivity index (χ4n) is 2.68. The normalized spacial score (nSPS) is 15.8. The molecule has 1 fully saturated rings. The van der Waals surface area contributed by atoms with Gasteiger partial charge >= 0.3 is 0 Å². The molecule has 132 valence electrons. The van der Waals surface area contributed by atoms with E-state index in [-0.39, 0.29) is 5.91 Å². The third-order valence-corrected chi connectivity index (χ3v) is 4.50. The number of amides is 1. The second kappa shape index (κ2) is 8.97. The predicted molar refractivity (Wildman–Crippen MR) is 97.8 cm³/mol. The van der Waals surface area contributed by atoms with Crippen molar-refractivity contribution in [2.45, 2.75) is 33.1 Å². The molecule has 0 atom stereocenters. The van der Waals surface area contributed by atoms with E-state index in [2.05, 4.69) is 6.92 Å². The number of methoxy groups -OCH3 is 1. The summed E-state index contributed by atoms with van der Waals surface area (Å²) in [6.45, 7) is 6.51. The summed E-state index contributed by atoms with van der Waals surface area (Å²) in [5.41, 5.74) is 0.819. The van der Waals surface area contributed by atoms with Crippen LogP contribution in [-0.4, -0.2) is 37.6 Å². The number of ether oxygens (including phenoxy) is 2. The third kappa shape index (κ3) is 4.91. The molecule has 1 aromatic rings. The number of piperidine rings is 1. The van der Waals surface area contributed by atoms with Crippen LogP contribution in [0.3, 0.4) is 0 Å². The molecule has 0 N–H and O–H groups in total. The molecule has 1 heterocycles. The number of halogens is 1. The topological polar surface area (TPSA) is 38.8 Å². The maximum atomic E-state index is 12.3. The van der Waals surface area contributed by atoms with E-state index in [0.29, 0.717) is 29.0 Å². The molecule has 0 saturated carbocycles. The maximum absolute atomic E-state index is 12.3. The highest BCUT2D eigenvalue weighted by molar-refractivity contribution is 6.32. The molecule has 1 saturated heterocycles. The van der Waals surface area contributed by atoms with E-state index in [1.54, 1.807) is 25.3 Å². The molecular formula is C19H26ClNO3. The van der Waals surface area contributed by atoms with Crippen molar-refractivity contribution in [1.29, 1.82) is 0 Å². The van der Waals surface area contributed by atoms with Gasteiger partial charge in [-0.2, -0.15) is 0 Å². The lowest BCUT2D eigenvalue weighted by atomic mass is 9.99. The molecule has 0 aliphatic carbocycles. The summed E-state index contributed by atoms with van der Waals surface area (Å²) in [6.07, 6.45) is 6.42. The van der Waals surface area contributed by atoms with Crippen LogP contribution in [0.15, 0.2) is 18.2 Å². The number of carbonyl (C=O) groups is 1. The van der Waals surface area contributed by atoms with Gasteiger partial charge in [0.1, 0.15) is 0 Å². The highest BCUT2D eigenvalue weighted by atomic mass is 35.5. The van der Waals surface area contributed by atoms with Crippen LogP contribution in [0.4, 0.5) is 0 Å². The zero-order chi connectivity index (χ0) is 17.5. The molecule has 1 aliphatic heterocycles. The highest BCUT2D eigenvalue weighted by Crippen LogP contribution is 2.36. The van der Waals surface area contributed by atoms with Gasteiger partial charge in [-0.05, 0) is 49.0 Å². The Balaban J connectivity index is 2.08. The molecule has 0 spiro atoms. The summed E-state index contributed by atoms with van der Waals surface area (Å²) in [5, 5.41) is 0.488. The molecule has 4 nitrogen and oxygen atoms in total. The first-order valence-corrected chi connectivity index (χ1v) is 8.90. The fourth-order valence-corrected chi connectivity index (χ4v) is 2.96. The Hall–Kier alpha value is -1.68. The Morgan fingerprint density at radius 2 is 2.08 bits per heavy atom. The van der Waals surface area contributed by atoms with Crippen molar-refractivity contribution in [2.75, 3.05) is 26.8 Å². The van der Waals surface area contributed by atoms with Crippen LogP contribution in [-0.2, 0) is 4.79 Å². The van der Waals surface area contributed by atoms with Gasteiger partial charge in [-0.15, -0.1) is 0 Å². The summed E-state index contributed by atoms with van der Waals surface area (Å²) in [4.78, 5) is 14.2. The summed E-state index contributed by atoms with van der Waals surface area (Å²) in [5.74, 6) is 1.88. The molecule has 2 rings (SSSR count).